The molecule has 1 aliphatic carbocycles. The summed E-state index contributed by atoms with van der Waals surface area (Å²) in [5.74, 6) is 2.30. The van der Waals surface area contributed by atoms with Crippen molar-refractivity contribution in [2.24, 2.45) is 5.92 Å². The zero-order valence-electron chi connectivity index (χ0n) is 12.4. The van der Waals surface area contributed by atoms with Crippen LogP contribution in [0.4, 0.5) is 4.39 Å². The number of hydrogen-bond acceptors (Lipinski definition) is 2. The first-order valence-electron chi connectivity index (χ1n) is 7.80. The quantitative estimate of drug-likeness (QED) is 0.858. The average molecular weight is 287 g/mol. The molecule has 1 aromatic carbocycles. The highest BCUT2D eigenvalue weighted by molar-refractivity contribution is 5.57. The van der Waals surface area contributed by atoms with E-state index in [1.165, 1.54) is 37.8 Å². The van der Waals surface area contributed by atoms with Gasteiger partial charge >= 0.3 is 0 Å². The first-order chi connectivity index (χ1) is 10.2. The van der Waals surface area contributed by atoms with Gasteiger partial charge in [-0.2, -0.15) is 0 Å². The van der Waals surface area contributed by atoms with E-state index in [9.17, 15) is 4.39 Å². The number of halogens is 1. The second-order valence-electron chi connectivity index (χ2n) is 5.99. The van der Waals surface area contributed by atoms with Crippen LogP contribution in [0.3, 0.4) is 0 Å². The van der Waals surface area contributed by atoms with E-state index in [2.05, 4.69) is 12.2 Å². The maximum atomic E-state index is 12.9. The topological polar surface area (TPSA) is 25.2 Å². The highest BCUT2D eigenvalue weighted by Gasteiger charge is 2.21. The molecule has 3 heteroatoms. The molecule has 112 valence electrons. The lowest BCUT2D eigenvalue weighted by Gasteiger charge is -2.19. The van der Waals surface area contributed by atoms with Gasteiger partial charge in [0.15, 0.2) is 0 Å². The minimum atomic E-state index is -0.224. The third kappa shape index (κ3) is 3.53. The van der Waals surface area contributed by atoms with Gasteiger partial charge in [-0.15, -0.1) is 0 Å². The van der Waals surface area contributed by atoms with Crippen molar-refractivity contribution in [1.82, 2.24) is 5.32 Å². The van der Waals surface area contributed by atoms with Crippen molar-refractivity contribution in [1.29, 1.82) is 0 Å². The Hall–Kier alpha value is -1.61. The molecule has 1 fully saturated rings. The molecule has 2 aromatic rings. The maximum Gasteiger partial charge on any atom is 0.134 e. The van der Waals surface area contributed by atoms with Crippen LogP contribution in [0.25, 0.3) is 11.3 Å². The van der Waals surface area contributed by atoms with E-state index in [4.69, 9.17) is 4.42 Å². The highest BCUT2D eigenvalue weighted by Crippen LogP contribution is 2.28. The molecule has 1 aromatic heterocycles. The summed E-state index contributed by atoms with van der Waals surface area (Å²) in [4.78, 5) is 0. The van der Waals surface area contributed by atoms with Crippen molar-refractivity contribution < 1.29 is 8.81 Å². The van der Waals surface area contributed by atoms with Crippen molar-refractivity contribution in [3.8, 4) is 11.3 Å². The summed E-state index contributed by atoms with van der Waals surface area (Å²) >= 11 is 0. The molecule has 1 N–H and O–H groups in total. The van der Waals surface area contributed by atoms with Gasteiger partial charge in [-0.05, 0) is 62.1 Å². The summed E-state index contributed by atoms with van der Waals surface area (Å²) in [7, 11) is 0. The number of rotatable bonds is 5. The zero-order valence-corrected chi connectivity index (χ0v) is 12.4. The molecule has 1 aliphatic rings. The molecule has 1 atom stereocenters. The standard InChI is InChI=1S/C18H22FNO/c1-13(14-4-2-3-5-14)20-12-17-10-11-18(21-17)15-6-8-16(19)9-7-15/h6-11,13-14,20H,2-5,12H2,1H3/t13-/m1/s1. The Balaban J connectivity index is 1.58. The summed E-state index contributed by atoms with van der Waals surface area (Å²) in [6, 6.07) is 10.9. The predicted octanol–water partition coefficient (Wildman–Crippen LogP) is 4.75. The zero-order chi connectivity index (χ0) is 14.7. The van der Waals surface area contributed by atoms with Gasteiger partial charge < -0.3 is 9.73 Å². The molecule has 0 spiro atoms. The molecule has 2 nitrogen and oxygen atoms in total. The van der Waals surface area contributed by atoms with Gasteiger partial charge in [0.2, 0.25) is 0 Å². The Morgan fingerprint density at radius 3 is 2.57 bits per heavy atom. The van der Waals surface area contributed by atoms with Gasteiger partial charge in [-0.25, -0.2) is 4.39 Å². The number of benzene rings is 1. The molecular formula is C18H22FNO. The average Bonchev–Trinajstić information content (AvgIpc) is 3.17. The molecule has 0 radical (unpaired) electrons. The van der Waals surface area contributed by atoms with E-state index in [0.717, 1.165) is 29.5 Å². The molecule has 1 heterocycles. The van der Waals surface area contributed by atoms with Crippen molar-refractivity contribution in [3.05, 3.63) is 48.0 Å². The molecule has 0 bridgehead atoms. The molecule has 3 rings (SSSR count). The molecule has 0 saturated heterocycles. The van der Waals surface area contributed by atoms with Crippen LogP contribution in [-0.2, 0) is 6.54 Å². The molecule has 0 amide bonds. The van der Waals surface area contributed by atoms with Crippen LogP contribution in [0.1, 0.15) is 38.4 Å². The summed E-state index contributed by atoms with van der Waals surface area (Å²) in [6.45, 7) is 3.01. The normalized spacial score (nSPS) is 17.2. The van der Waals surface area contributed by atoms with Gasteiger partial charge in [0.1, 0.15) is 17.3 Å². The van der Waals surface area contributed by atoms with Crippen molar-refractivity contribution in [2.75, 3.05) is 0 Å². The number of nitrogens with one attached hydrogen (secondary N) is 1. The second-order valence-corrected chi connectivity index (χ2v) is 5.99. The minimum Gasteiger partial charge on any atom is -0.460 e. The maximum absolute atomic E-state index is 12.9. The smallest absolute Gasteiger partial charge is 0.134 e. The summed E-state index contributed by atoms with van der Waals surface area (Å²) in [6.07, 6.45) is 5.42. The van der Waals surface area contributed by atoms with Crippen molar-refractivity contribution in [2.45, 2.75) is 45.2 Å². The van der Waals surface area contributed by atoms with E-state index >= 15 is 0 Å². The first kappa shape index (κ1) is 14.3. The van der Waals surface area contributed by atoms with Crippen molar-refractivity contribution >= 4 is 0 Å². The Kier molecular flexibility index (Phi) is 4.39. The predicted molar refractivity (Wildman–Crippen MR) is 82.4 cm³/mol. The number of furan rings is 1. The Labute approximate surface area is 125 Å². The second kappa shape index (κ2) is 6.44. The van der Waals surface area contributed by atoms with E-state index in [1.54, 1.807) is 12.1 Å². The fraction of sp³-hybridized carbons (Fsp3) is 0.444. The lowest BCUT2D eigenvalue weighted by Crippen LogP contribution is -2.31. The van der Waals surface area contributed by atoms with Gasteiger partial charge in [-0.3, -0.25) is 0 Å². The lowest BCUT2D eigenvalue weighted by atomic mass is 10.00. The monoisotopic (exact) mass is 287 g/mol. The van der Waals surface area contributed by atoms with E-state index in [1.807, 2.05) is 12.1 Å². The van der Waals surface area contributed by atoms with Gasteiger partial charge in [0.05, 0.1) is 6.54 Å². The van der Waals surface area contributed by atoms with E-state index < -0.39 is 0 Å². The SMILES string of the molecule is C[C@@H](NCc1ccc(-c2ccc(F)cc2)o1)C1CCCC1. The summed E-state index contributed by atoms with van der Waals surface area (Å²) in [5.41, 5.74) is 0.909. The third-order valence-electron chi connectivity index (χ3n) is 4.50. The fourth-order valence-electron chi connectivity index (χ4n) is 3.13. The molecular weight excluding hydrogens is 265 g/mol. The van der Waals surface area contributed by atoms with Crippen LogP contribution in [0, 0.1) is 11.7 Å². The van der Waals surface area contributed by atoms with Crippen LogP contribution in [0.5, 0.6) is 0 Å². The van der Waals surface area contributed by atoms with Crippen LogP contribution < -0.4 is 5.32 Å². The molecule has 0 unspecified atom stereocenters. The first-order valence-corrected chi connectivity index (χ1v) is 7.80. The molecule has 1 saturated carbocycles. The Morgan fingerprint density at radius 1 is 1.14 bits per heavy atom. The van der Waals surface area contributed by atoms with Gasteiger partial charge in [0, 0.05) is 11.6 Å². The highest BCUT2D eigenvalue weighted by atomic mass is 19.1. The Morgan fingerprint density at radius 2 is 1.86 bits per heavy atom. The molecule has 21 heavy (non-hydrogen) atoms. The van der Waals surface area contributed by atoms with Crippen molar-refractivity contribution in [3.63, 3.8) is 0 Å². The van der Waals surface area contributed by atoms with E-state index in [0.29, 0.717) is 6.04 Å². The van der Waals surface area contributed by atoms with Crippen LogP contribution >= 0.6 is 0 Å². The molecule has 0 aliphatic heterocycles. The number of hydrogen-bond donors (Lipinski definition) is 1. The van der Waals surface area contributed by atoms with Gasteiger partial charge in [0.25, 0.3) is 0 Å². The van der Waals surface area contributed by atoms with E-state index in [-0.39, 0.29) is 5.82 Å². The van der Waals surface area contributed by atoms with Crippen LogP contribution in [-0.4, -0.2) is 6.04 Å². The minimum absolute atomic E-state index is 0.224. The fourth-order valence-corrected chi connectivity index (χ4v) is 3.13. The summed E-state index contributed by atoms with van der Waals surface area (Å²) < 4.78 is 18.8. The summed E-state index contributed by atoms with van der Waals surface area (Å²) in [5, 5.41) is 3.56. The van der Waals surface area contributed by atoms with Gasteiger partial charge in [-0.1, -0.05) is 12.8 Å². The Bertz CT molecular complexity index is 569. The lowest BCUT2D eigenvalue weighted by molar-refractivity contribution is 0.364. The third-order valence-corrected chi connectivity index (χ3v) is 4.50. The van der Waals surface area contributed by atoms with Crippen LogP contribution in [0.2, 0.25) is 0 Å². The van der Waals surface area contributed by atoms with Crippen LogP contribution in [0.15, 0.2) is 40.8 Å². The largest absolute Gasteiger partial charge is 0.460 e.